The normalized spacial score (nSPS) is 15.8. The number of carbonyl (C=O) groups excluding carboxylic acids is 2. The fourth-order valence-corrected chi connectivity index (χ4v) is 5.78. The quantitative estimate of drug-likeness (QED) is 0.149. The van der Waals surface area contributed by atoms with E-state index in [2.05, 4.69) is 25.6 Å². The van der Waals surface area contributed by atoms with E-state index in [-0.39, 0.29) is 35.2 Å². The van der Waals surface area contributed by atoms with Gasteiger partial charge in [0.05, 0.1) is 42.8 Å². The zero-order valence-corrected chi connectivity index (χ0v) is 27.3. The van der Waals surface area contributed by atoms with Crippen LogP contribution in [0.4, 0.5) is 5.69 Å². The van der Waals surface area contributed by atoms with Crippen molar-refractivity contribution >= 4 is 27.5 Å². The van der Waals surface area contributed by atoms with Gasteiger partial charge in [-0.25, -0.2) is 8.42 Å². The summed E-state index contributed by atoms with van der Waals surface area (Å²) in [6.45, 7) is 8.25. The Bertz CT molecular complexity index is 1520. The van der Waals surface area contributed by atoms with Crippen LogP contribution in [0.25, 0.3) is 0 Å². The predicted octanol–water partition coefficient (Wildman–Crippen LogP) is 2.56. The van der Waals surface area contributed by atoms with Gasteiger partial charge in [0, 0.05) is 43.9 Å². The zero-order valence-electron chi connectivity index (χ0n) is 26.4. The first-order chi connectivity index (χ1) is 22.1. The first-order valence-electron chi connectivity index (χ1n) is 15.7. The molecular weight excluding hydrogens is 606 g/mol. The summed E-state index contributed by atoms with van der Waals surface area (Å²) >= 11 is 0. The standard InChI is InChI=1S/C34H45N5O6S/c1-3-46(43,44)38-30-22-28(33(41)36-25(2)27-12-8-5-9-13-27)21-29(23-30)34(42)37-31(20-26-10-6-4-7-11-26)32(40)24-35-14-15-39-16-18-45-19-17-39/h4-13,21-23,25,31-32,35,38,40H,3,14-20,24H2,1-2H3,(H,36,41)(H,37,42). The maximum atomic E-state index is 13.7. The van der Waals surface area contributed by atoms with E-state index in [0.29, 0.717) is 26.2 Å². The summed E-state index contributed by atoms with van der Waals surface area (Å²) in [5.41, 5.74) is 2.12. The molecule has 0 saturated carbocycles. The first kappa shape index (κ1) is 35.1. The van der Waals surface area contributed by atoms with Gasteiger partial charge in [0.1, 0.15) is 0 Å². The molecule has 2 amide bonds. The van der Waals surface area contributed by atoms with Gasteiger partial charge in [0.25, 0.3) is 11.8 Å². The minimum Gasteiger partial charge on any atom is -0.390 e. The van der Waals surface area contributed by atoms with Crippen molar-refractivity contribution in [1.82, 2.24) is 20.9 Å². The van der Waals surface area contributed by atoms with Crippen molar-refractivity contribution in [3.8, 4) is 0 Å². The lowest BCUT2D eigenvalue weighted by atomic mass is 10.00. The number of aliphatic hydroxyl groups excluding tert-OH is 1. The van der Waals surface area contributed by atoms with Crippen molar-refractivity contribution in [2.45, 2.75) is 38.5 Å². The number of sulfonamides is 1. The van der Waals surface area contributed by atoms with Crippen molar-refractivity contribution in [1.29, 1.82) is 0 Å². The number of carbonyl (C=O) groups is 2. The number of ether oxygens (including phenoxy) is 1. The number of amides is 2. The first-order valence-corrected chi connectivity index (χ1v) is 17.3. The summed E-state index contributed by atoms with van der Waals surface area (Å²) in [5.74, 6) is -1.19. The van der Waals surface area contributed by atoms with Crippen molar-refractivity contribution in [2.75, 3.05) is 56.4 Å². The highest BCUT2D eigenvalue weighted by molar-refractivity contribution is 7.92. The summed E-state index contributed by atoms with van der Waals surface area (Å²) in [7, 11) is -3.69. The molecule has 0 radical (unpaired) electrons. The van der Waals surface area contributed by atoms with Gasteiger partial charge in [-0.15, -0.1) is 0 Å². The molecule has 12 heteroatoms. The number of aliphatic hydroxyl groups is 1. The van der Waals surface area contributed by atoms with Crippen LogP contribution >= 0.6 is 0 Å². The molecule has 3 atom stereocenters. The molecule has 1 aliphatic rings. The monoisotopic (exact) mass is 651 g/mol. The highest BCUT2D eigenvalue weighted by atomic mass is 32.2. The lowest BCUT2D eigenvalue weighted by molar-refractivity contribution is 0.0377. The van der Waals surface area contributed by atoms with Crippen LogP contribution in [0.2, 0.25) is 0 Å². The third kappa shape index (κ3) is 10.9. The summed E-state index contributed by atoms with van der Waals surface area (Å²) in [5, 5.41) is 20.4. The number of hydrogen-bond donors (Lipinski definition) is 5. The van der Waals surface area contributed by atoms with Gasteiger partial charge in [0.2, 0.25) is 10.0 Å². The molecule has 4 rings (SSSR count). The van der Waals surface area contributed by atoms with Crippen molar-refractivity contribution < 1.29 is 27.9 Å². The molecule has 1 heterocycles. The molecule has 46 heavy (non-hydrogen) atoms. The van der Waals surface area contributed by atoms with Crippen molar-refractivity contribution in [2.24, 2.45) is 0 Å². The summed E-state index contributed by atoms with van der Waals surface area (Å²) in [6.07, 6.45) is -0.562. The SMILES string of the molecule is CCS(=O)(=O)Nc1cc(C(=O)NC(C)c2ccccc2)cc(C(=O)NC(Cc2ccccc2)C(O)CNCCN2CCOCC2)c1. The number of nitrogens with one attached hydrogen (secondary N) is 4. The molecule has 5 N–H and O–H groups in total. The molecule has 3 unspecified atom stereocenters. The molecule has 0 spiro atoms. The third-order valence-corrected chi connectivity index (χ3v) is 9.21. The second kappa shape index (κ2) is 17.2. The number of morpholine rings is 1. The highest BCUT2D eigenvalue weighted by Crippen LogP contribution is 2.20. The van der Waals surface area contributed by atoms with Crippen LogP contribution in [0.5, 0.6) is 0 Å². The fourth-order valence-electron chi connectivity index (χ4n) is 5.16. The van der Waals surface area contributed by atoms with Crippen LogP contribution in [0.3, 0.4) is 0 Å². The van der Waals surface area contributed by atoms with Crippen LogP contribution in [0, 0.1) is 0 Å². The lowest BCUT2D eigenvalue weighted by Gasteiger charge is -2.28. The van der Waals surface area contributed by atoms with E-state index in [4.69, 9.17) is 4.74 Å². The van der Waals surface area contributed by atoms with Crippen LogP contribution in [0.15, 0.2) is 78.9 Å². The second-order valence-electron chi connectivity index (χ2n) is 11.4. The van der Waals surface area contributed by atoms with Gasteiger partial charge < -0.3 is 25.8 Å². The molecule has 0 bridgehead atoms. The Morgan fingerprint density at radius 2 is 1.52 bits per heavy atom. The average Bonchev–Trinajstić information content (AvgIpc) is 3.07. The Morgan fingerprint density at radius 1 is 0.913 bits per heavy atom. The van der Waals surface area contributed by atoms with E-state index in [9.17, 15) is 23.1 Å². The van der Waals surface area contributed by atoms with Crippen molar-refractivity contribution in [3.05, 3.63) is 101 Å². The Balaban J connectivity index is 1.52. The summed E-state index contributed by atoms with van der Waals surface area (Å²) < 4.78 is 32.7. The lowest BCUT2D eigenvalue weighted by Crippen LogP contribution is -2.49. The minimum absolute atomic E-state index is 0.0827. The van der Waals surface area contributed by atoms with E-state index in [1.165, 1.54) is 25.1 Å². The Morgan fingerprint density at radius 3 is 2.15 bits per heavy atom. The predicted molar refractivity (Wildman–Crippen MR) is 179 cm³/mol. The Labute approximate surface area is 271 Å². The number of rotatable bonds is 16. The Hall–Kier alpha value is -3.81. The van der Waals surface area contributed by atoms with E-state index in [1.807, 2.05) is 67.6 Å². The van der Waals surface area contributed by atoms with Crippen LogP contribution in [0.1, 0.15) is 51.7 Å². The van der Waals surface area contributed by atoms with E-state index < -0.39 is 34.0 Å². The largest absolute Gasteiger partial charge is 0.390 e. The summed E-state index contributed by atoms with van der Waals surface area (Å²) in [4.78, 5) is 29.4. The van der Waals surface area contributed by atoms with E-state index >= 15 is 0 Å². The van der Waals surface area contributed by atoms with Crippen LogP contribution < -0.4 is 20.7 Å². The van der Waals surface area contributed by atoms with Gasteiger partial charge in [-0.3, -0.25) is 19.2 Å². The van der Waals surface area contributed by atoms with Crippen molar-refractivity contribution in [3.63, 3.8) is 0 Å². The zero-order chi connectivity index (χ0) is 32.9. The van der Waals surface area contributed by atoms with Gasteiger partial charge in [0.15, 0.2) is 0 Å². The molecule has 1 aliphatic heterocycles. The van der Waals surface area contributed by atoms with Crippen LogP contribution in [-0.4, -0.2) is 94.1 Å². The second-order valence-corrected chi connectivity index (χ2v) is 13.4. The van der Waals surface area contributed by atoms with Gasteiger partial charge >= 0.3 is 0 Å². The number of anilines is 1. The molecule has 1 saturated heterocycles. The molecule has 3 aromatic rings. The Kier molecular flexibility index (Phi) is 13.1. The molecule has 248 valence electrons. The van der Waals surface area contributed by atoms with Gasteiger partial charge in [-0.05, 0) is 49.6 Å². The van der Waals surface area contributed by atoms with E-state index in [1.54, 1.807) is 0 Å². The molecule has 0 aromatic heterocycles. The van der Waals surface area contributed by atoms with E-state index in [0.717, 1.165) is 30.8 Å². The topological polar surface area (TPSA) is 149 Å². The number of benzene rings is 3. The molecule has 0 aliphatic carbocycles. The number of nitrogens with zero attached hydrogens (tertiary/aromatic N) is 1. The smallest absolute Gasteiger partial charge is 0.251 e. The number of hydrogen-bond acceptors (Lipinski definition) is 8. The van der Waals surface area contributed by atoms with Crippen LogP contribution in [-0.2, 0) is 21.2 Å². The molecular formula is C34H45N5O6S. The minimum atomic E-state index is -3.69. The summed E-state index contributed by atoms with van der Waals surface area (Å²) in [6, 6.07) is 22.2. The average molecular weight is 652 g/mol. The molecule has 3 aromatic carbocycles. The highest BCUT2D eigenvalue weighted by Gasteiger charge is 2.24. The molecule has 11 nitrogen and oxygen atoms in total. The third-order valence-electron chi connectivity index (χ3n) is 7.90. The fraction of sp³-hybridized carbons (Fsp3) is 0.412. The van der Waals surface area contributed by atoms with Gasteiger partial charge in [-0.2, -0.15) is 0 Å². The maximum absolute atomic E-state index is 13.7. The molecule has 1 fully saturated rings. The maximum Gasteiger partial charge on any atom is 0.251 e. The van der Waals surface area contributed by atoms with Gasteiger partial charge in [-0.1, -0.05) is 60.7 Å².